The smallest absolute Gasteiger partial charge is 0.338 e. The molecule has 6 rings (SSSR count). The predicted molar refractivity (Wildman–Crippen MR) is 130 cm³/mol. The summed E-state index contributed by atoms with van der Waals surface area (Å²) in [4.78, 5) is 29.6. The summed E-state index contributed by atoms with van der Waals surface area (Å²) in [6.07, 6.45) is 3.53. The Kier molecular flexibility index (Phi) is 5.61. The Morgan fingerprint density at radius 3 is 2.58 bits per heavy atom. The average molecular weight is 522 g/mol. The highest BCUT2D eigenvalue weighted by molar-refractivity contribution is 5.64. The number of benzene rings is 1. The summed E-state index contributed by atoms with van der Waals surface area (Å²) in [5.41, 5.74) is -0.863. The number of rotatable bonds is 5. The van der Waals surface area contributed by atoms with E-state index in [1.165, 1.54) is 15.3 Å². The third kappa shape index (κ3) is 3.69. The number of hydrogen-bond acceptors (Lipinski definition) is 6. The maximum absolute atomic E-state index is 14.1. The van der Waals surface area contributed by atoms with Gasteiger partial charge in [-0.25, -0.2) is 27.0 Å². The lowest BCUT2D eigenvalue weighted by Crippen LogP contribution is -2.59. The molecule has 2 saturated heterocycles. The molecule has 38 heavy (non-hydrogen) atoms. The summed E-state index contributed by atoms with van der Waals surface area (Å²) in [5, 5.41) is 13.8. The minimum Gasteiger partial charge on any atom is -0.381 e. The van der Waals surface area contributed by atoms with Crippen molar-refractivity contribution in [3.8, 4) is 11.8 Å². The monoisotopic (exact) mass is 522 g/mol. The lowest BCUT2D eigenvalue weighted by atomic mass is 9.79. The normalized spacial score (nSPS) is 16.2. The SMILES string of the molecule is N#CCn1c(N2CC3(CCOC3)C2)c(Cc2cc(F)c(F)c(F)c2)c(=O)n(-c2cnn3ccccc23)c1=O. The quantitative estimate of drug-likeness (QED) is 0.374. The molecule has 2 aliphatic heterocycles. The van der Waals surface area contributed by atoms with Crippen LogP contribution in [0.1, 0.15) is 17.5 Å². The molecule has 0 radical (unpaired) electrons. The number of nitrogens with zero attached hydrogens (tertiary/aromatic N) is 6. The van der Waals surface area contributed by atoms with Crippen molar-refractivity contribution >= 4 is 11.3 Å². The maximum Gasteiger partial charge on any atom is 0.338 e. The molecule has 2 fully saturated rings. The van der Waals surface area contributed by atoms with Gasteiger partial charge < -0.3 is 9.64 Å². The van der Waals surface area contributed by atoms with Crippen molar-refractivity contribution < 1.29 is 17.9 Å². The topological polar surface area (TPSA) is 97.6 Å². The van der Waals surface area contributed by atoms with Crippen molar-refractivity contribution in [1.29, 1.82) is 5.26 Å². The molecule has 2 aliphatic rings. The summed E-state index contributed by atoms with van der Waals surface area (Å²) in [7, 11) is 0. The Labute approximate surface area is 213 Å². The minimum atomic E-state index is -1.61. The minimum absolute atomic E-state index is 0.00718. The maximum atomic E-state index is 14.1. The van der Waals surface area contributed by atoms with Gasteiger partial charge in [-0.15, -0.1) is 0 Å². The standard InChI is InChI=1S/C26H21F3N6O3/c27-18-10-16(11-19(28)22(18)29)9-17-23(32-13-26(14-32)4-8-38-15-26)33(7-5-30)25(37)35(24(17)36)21-12-31-34-6-2-1-3-20(21)34/h1-3,6,10-12H,4,7-9,13-15H2. The van der Waals surface area contributed by atoms with Gasteiger partial charge in [0.05, 0.1) is 35.6 Å². The molecule has 194 valence electrons. The number of aromatic nitrogens is 4. The van der Waals surface area contributed by atoms with E-state index in [2.05, 4.69) is 5.10 Å². The van der Waals surface area contributed by atoms with E-state index in [0.717, 1.165) is 23.1 Å². The highest BCUT2D eigenvalue weighted by Crippen LogP contribution is 2.41. The molecule has 3 aromatic heterocycles. The van der Waals surface area contributed by atoms with Crippen LogP contribution >= 0.6 is 0 Å². The Balaban J connectivity index is 1.59. The molecule has 0 amide bonds. The zero-order chi connectivity index (χ0) is 26.6. The fourth-order valence-corrected chi connectivity index (χ4v) is 5.45. The molecule has 1 spiro atoms. The van der Waals surface area contributed by atoms with Gasteiger partial charge in [0.15, 0.2) is 17.5 Å². The van der Waals surface area contributed by atoms with Crippen LogP contribution in [-0.2, 0) is 17.7 Å². The van der Waals surface area contributed by atoms with E-state index >= 15 is 0 Å². The molecule has 0 N–H and O–H groups in total. The van der Waals surface area contributed by atoms with Gasteiger partial charge in [-0.3, -0.25) is 9.36 Å². The number of ether oxygens (including phenoxy) is 1. The van der Waals surface area contributed by atoms with Crippen LogP contribution in [0.4, 0.5) is 19.0 Å². The zero-order valence-electron chi connectivity index (χ0n) is 20.0. The summed E-state index contributed by atoms with van der Waals surface area (Å²) in [5.74, 6) is -4.18. The van der Waals surface area contributed by atoms with Gasteiger partial charge in [-0.05, 0) is 36.2 Å². The van der Waals surface area contributed by atoms with Crippen LogP contribution in [0, 0.1) is 34.2 Å². The fraction of sp³-hybridized carbons (Fsp3) is 0.308. The summed E-state index contributed by atoms with van der Waals surface area (Å²) < 4.78 is 51.0. The van der Waals surface area contributed by atoms with Gasteiger partial charge in [-0.2, -0.15) is 10.4 Å². The second kappa shape index (κ2) is 8.88. The number of fused-ring (bicyclic) bond motifs is 1. The van der Waals surface area contributed by atoms with Gasteiger partial charge in [0.1, 0.15) is 12.4 Å². The molecule has 0 aliphatic carbocycles. The molecule has 12 heteroatoms. The van der Waals surface area contributed by atoms with Crippen molar-refractivity contribution in [2.45, 2.75) is 19.4 Å². The molecule has 9 nitrogen and oxygen atoms in total. The van der Waals surface area contributed by atoms with Gasteiger partial charge in [0, 0.05) is 37.7 Å². The van der Waals surface area contributed by atoms with Crippen molar-refractivity contribution in [2.24, 2.45) is 5.41 Å². The second-order valence-electron chi connectivity index (χ2n) is 9.74. The molecule has 4 aromatic rings. The van der Waals surface area contributed by atoms with Gasteiger partial charge >= 0.3 is 5.69 Å². The van der Waals surface area contributed by atoms with Crippen LogP contribution in [-0.4, -0.2) is 45.1 Å². The Morgan fingerprint density at radius 1 is 1.13 bits per heavy atom. The first-order valence-electron chi connectivity index (χ1n) is 12.0. The summed E-state index contributed by atoms with van der Waals surface area (Å²) >= 11 is 0. The van der Waals surface area contributed by atoms with Gasteiger partial charge in [0.2, 0.25) is 0 Å². The number of nitriles is 1. The molecule has 0 atom stereocenters. The molecule has 0 bridgehead atoms. The van der Waals surface area contributed by atoms with Crippen molar-refractivity contribution in [3.63, 3.8) is 0 Å². The van der Waals surface area contributed by atoms with Gasteiger partial charge in [0.25, 0.3) is 5.56 Å². The van der Waals surface area contributed by atoms with Crippen molar-refractivity contribution in [1.82, 2.24) is 18.7 Å². The van der Waals surface area contributed by atoms with E-state index in [-0.39, 0.29) is 41.0 Å². The Hall–Kier alpha value is -4.37. The third-order valence-corrected chi connectivity index (χ3v) is 7.25. The summed E-state index contributed by atoms with van der Waals surface area (Å²) in [6.45, 7) is 1.74. The molecule has 0 saturated carbocycles. The van der Waals surface area contributed by atoms with Crippen LogP contribution in [0.3, 0.4) is 0 Å². The van der Waals surface area contributed by atoms with Crippen molar-refractivity contribution in [3.05, 3.63) is 92.1 Å². The van der Waals surface area contributed by atoms with E-state index in [4.69, 9.17) is 4.74 Å². The highest BCUT2D eigenvalue weighted by Gasteiger charge is 2.47. The first kappa shape index (κ1) is 24.0. The average Bonchev–Trinajstić information content (AvgIpc) is 3.53. The van der Waals surface area contributed by atoms with Gasteiger partial charge in [-0.1, -0.05) is 6.07 Å². The second-order valence-corrected chi connectivity index (χ2v) is 9.74. The first-order chi connectivity index (χ1) is 18.3. The van der Waals surface area contributed by atoms with Crippen LogP contribution in [0.25, 0.3) is 11.2 Å². The molecular formula is C26H21F3N6O3. The lowest BCUT2D eigenvalue weighted by molar-refractivity contribution is 0.130. The molecule has 1 aromatic carbocycles. The van der Waals surface area contributed by atoms with E-state index < -0.39 is 28.7 Å². The number of halogens is 3. The predicted octanol–water partition coefficient (Wildman–Crippen LogP) is 2.41. The number of anilines is 1. The Bertz CT molecular complexity index is 1710. The summed E-state index contributed by atoms with van der Waals surface area (Å²) in [6, 6.07) is 8.77. The van der Waals surface area contributed by atoms with Crippen molar-refractivity contribution in [2.75, 3.05) is 31.2 Å². The fourth-order valence-electron chi connectivity index (χ4n) is 5.45. The molecule has 5 heterocycles. The van der Waals surface area contributed by atoms with E-state index in [0.29, 0.717) is 31.8 Å². The lowest BCUT2D eigenvalue weighted by Gasteiger charge is -2.49. The van der Waals surface area contributed by atoms with Crippen LogP contribution < -0.4 is 16.1 Å². The number of pyridine rings is 1. The molecule has 0 unspecified atom stereocenters. The largest absolute Gasteiger partial charge is 0.381 e. The van der Waals surface area contributed by atoms with E-state index in [1.54, 1.807) is 24.4 Å². The zero-order valence-corrected chi connectivity index (χ0v) is 20.0. The number of hydrogen-bond donors (Lipinski definition) is 0. The van der Waals surface area contributed by atoms with E-state index in [1.807, 2.05) is 11.0 Å². The van der Waals surface area contributed by atoms with Crippen LogP contribution in [0.2, 0.25) is 0 Å². The highest BCUT2D eigenvalue weighted by atomic mass is 19.2. The molecular weight excluding hydrogens is 501 g/mol. The van der Waals surface area contributed by atoms with Crippen LogP contribution in [0.15, 0.2) is 52.3 Å². The van der Waals surface area contributed by atoms with Crippen LogP contribution in [0.5, 0.6) is 0 Å². The Morgan fingerprint density at radius 2 is 1.89 bits per heavy atom. The third-order valence-electron chi connectivity index (χ3n) is 7.25. The first-order valence-corrected chi connectivity index (χ1v) is 12.0. The van der Waals surface area contributed by atoms with E-state index in [9.17, 15) is 28.0 Å².